The molecule has 0 unspecified atom stereocenters. The molecule has 1 N–H and O–H groups in total. The van der Waals surface area contributed by atoms with Crippen molar-refractivity contribution in [2.75, 3.05) is 0 Å². The molecule has 0 amide bonds. The molecule has 1 saturated carbocycles. The molecule has 2 aliphatic rings. The summed E-state index contributed by atoms with van der Waals surface area (Å²) in [5.74, 6) is 1.12. The van der Waals surface area contributed by atoms with Crippen molar-refractivity contribution < 1.29 is 8.42 Å². The van der Waals surface area contributed by atoms with E-state index in [4.69, 9.17) is 0 Å². The summed E-state index contributed by atoms with van der Waals surface area (Å²) in [7, 11) is -3.24. The van der Waals surface area contributed by atoms with Gasteiger partial charge in [0.2, 0.25) is 10.0 Å². The smallest absolute Gasteiger partial charge is 0.214 e. The highest BCUT2D eigenvalue weighted by molar-refractivity contribution is 7.90. The molecule has 2 fully saturated rings. The van der Waals surface area contributed by atoms with E-state index in [2.05, 4.69) is 35.7 Å². The summed E-state index contributed by atoms with van der Waals surface area (Å²) in [5.41, 5.74) is 3.24. The fraction of sp³-hybridized carbons (Fsp3) is 0.417. The van der Waals surface area contributed by atoms with Crippen LogP contribution in [0.1, 0.15) is 38.4 Å². The van der Waals surface area contributed by atoms with Gasteiger partial charge in [-0.3, -0.25) is 4.98 Å². The number of aromatic nitrogens is 1. The maximum absolute atomic E-state index is 12.4. The van der Waals surface area contributed by atoms with Gasteiger partial charge in [-0.1, -0.05) is 44.2 Å². The Bertz CT molecular complexity index is 1100. The number of rotatable bonds is 3. The Hall–Kier alpha value is -2.49. The van der Waals surface area contributed by atoms with Crippen LogP contribution in [0.3, 0.4) is 0 Å². The van der Waals surface area contributed by atoms with Gasteiger partial charge in [-0.25, -0.2) is 13.1 Å². The molecule has 0 spiro atoms. The highest BCUT2D eigenvalue weighted by Gasteiger charge is 2.51. The van der Waals surface area contributed by atoms with E-state index in [0.29, 0.717) is 17.4 Å². The third-order valence-corrected chi connectivity index (χ3v) is 8.95. The van der Waals surface area contributed by atoms with Gasteiger partial charge in [-0.2, -0.15) is 5.26 Å². The molecule has 5 nitrogen and oxygen atoms in total. The average Bonchev–Trinajstić information content (AvgIpc) is 2.97. The fourth-order valence-corrected chi connectivity index (χ4v) is 6.75. The van der Waals surface area contributed by atoms with Crippen molar-refractivity contribution in [3.05, 3.63) is 59.9 Å². The lowest BCUT2D eigenvalue weighted by Gasteiger charge is -2.41. The predicted octanol–water partition coefficient (Wildman–Crippen LogP) is 4.23. The molecule has 2 aromatic rings. The van der Waals surface area contributed by atoms with Crippen LogP contribution in [0.15, 0.2) is 48.7 Å². The number of sulfonamides is 1. The van der Waals surface area contributed by atoms with E-state index in [9.17, 15) is 13.7 Å². The summed E-state index contributed by atoms with van der Waals surface area (Å²) in [4.78, 5) is 4.56. The molecule has 0 radical (unpaired) electrons. The third kappa shape index (κ3) is 3.68. The normalized spacial score (nSPS) is 32.6. The van der Waals surface area contributed by atoms with Crippen LogP contribution in [0.4, 0.5) is 0 Å². The van der Waals surface area contributed by atoms with Crippen LogP contribution < -0.4 is 4.72 Å². The molecule has 1 aromatic carbocycles. The van der Waals surface area contributed by atoms with Gasteiger partial charge >= 0.3 is 0 Å². The van der Waals surface area contributed by atoms with Crippen molar-refractivity contribution in [1.82, 2.24) is 9.71 Å². The lowest BCUT2D eigenvalue weighted by molar-refractivity contribution is 0.127. The first-order valence-corrected chi connectivity index (χ1v) is 12.0. The van der Waals surface area contributed by atoms with Gasteiger partial charge < -0.3 is 0 Å². The molecular formula is C24H27N3O2S. The number of allylic oxidation sites excluding steroid dienone is 1. The summed E-state index contributed by atoms with van der Waals surface area (Å²) in [6.45, 7) is 6.26. The number of pyridine rings is 1. The van der Waals surface area contributed by atoms with Crippen molar-refractivity contribution in [2.24, 2.45) is 23.7 Å². The molecule has 2 heterocycles. The molecule has 6 heteroatoms. The van der Waals surface area contributed by atoms with E-state index in [1.54, 1.807) is 12.3 Å². The highest BCUT2D eigenvalue weighted by atomic mass is 32.2. The first-order chi connectivity index (χ1) is 14.3. The SMILES string of the molecule is C[C@H]1[C@H](C=Cc2ccc(-c3ccccc3C#N)cn2)[C@@H]2[C@@H](C)S(=O)(=O)N[C@@H]2C[C@@H]1C. The minimum Gasteiger partial charge on any atom is -0.256 e. The quantitative estimate of drug-likeness (QED) is 0.804. The van der Waals surface area contributed by atoms with Gasteiger partial charge in [-0.15, -0.1) is 0 Å². The van der Waals surface area contributed by atoms with E-state index >= 15 is 0 Å². The second-order valence-electron chi connectivity index (χ2n) is 8.69. The summed E-state index contributed by atoms with van der Waals surface area (Å²) < 4.78 is 27.7. The zero-order valence-corrected chi connectivity index (χ0v) is 18.3. The van der Waals surface area contributed by atoms with E-state index in [0.717, 1.165) is 23.2 Å². The Morgan fingerprint density at radius 1 is 1.17 bits per heavy atom. The molecule has 6 atom stereocenters. The first kappa shape index (κ1) is 20.8. The van der Waals surface area contributed by atoms with Crippen LogP contribution in [0, 0.1) is 35.0 Å². The molecule has 1 aliphatic carbocycles. The lowest BCUT2D eigenvalue weighted by Crippen LogP contribution is -2.43. The minimum atomic E-state index is -3.24. The van der Waals surface area contributed by atoms with E-state index in [1.165, 1.54) is 0 Å². The van der Waals surface area contributed by atoms with Gasteiger partial charge in [0.05, 0.1) is 22.6 Å². The van der Waals surface area contributed by atoms with Crippen LogP contribution in [-0.4, -0.2) is 24.7 Å². The van der Waals surface area contributed by atoms with Crippen molar-refractivity contribution in [1.29, 1.82) is 5.26 Å². The van der Waals surface area contributed by atoms with E-state index in [-0.39, 0.29) is 23.1 Å². The standard InChI is InChI=1S/C24H27N3O2S/c1-15-12-23-24(17(3)30(28,29)27-23)21(16(15)2)11-10-20-9-8-19(14-26-20)22-7-5-4-6-18(22)13-25/h4-11,14-17,21,23-24,27H,12H2,1-3H3/t15-,16+,17+,21-,23+,24-/m0/s1. The topological polar surface area (TPSA) is 82.8 Å². The number of nitrogens with one attached hydrogen (secondary N) is 1. The van der Waals surface area contributed by atoms with E-state index in [1.807, 2.05) is 43.3 Å². The van der Waals surface area contributed by atoms with Crippen molar-refractivity contribution in [3.63, 3.8) is 0 Å². The van der Waals surface area contributed by atoms with E-state index < -0.39 is 10.0 Å². The lowest BCUT2D eigenvalue weighted by atomic mass is 9.64. The van der Waals surface area contributed by atoms with Crippen LogP contribution in [0.2, 0.25) is 0 Å². The largest absolute Gasteiger partial charge is 0.256 e. The Morgan fingerprint density at radius 2 is 1.93 bits per heavy atom. The maximum Gasteiger partial charge on any atom is 0.214 e. The molecule has 1 aromatic heterocycles. The molecular weight excluding hydrogens is 394 g/mol. The molecule has 156 valence electrons. The molecule has 0 bridgehead atoms. The van der Waals surface area contributed by atoms with Gasteiger partial charge in [-0.05, 0) is 55.2 Å². The Kier molecular flexibility index (Phi) is 5.52. The van der Waals surface area contributed by atoms with Gasteiger partial charge in [0.15, 0.2) is 0 Å². The number of nitrogens with zero attached hydrogens (tertiary/aromatic N) is 2. The van der Waals surface area contributed by atoms with Crippen LogP contribution in [0.25, 0.3) is 17.2 Å². The van der Waals surface area contributed by atoms with Crippen LogP contribution in [0.5, 0.6) is 0 Å². The maximum atomic E-state index is 12.4. The van der Waals surface area contributed by atoms with Crippen LogP contribution in [-0.2, 0) is 10.0 Å². The van der Waals surface area contributed by atoms with Crippen molar-refractivity contribution in [2.45, 2.75) is 38.5 Å². The number of hydrogen-bond donors (Lipinski definition) is 1. The molecule has 4 rings (SSSR count). The zero-order valence-electron chi connectivity index (χ0n) is 17.5. The summed E-state index contributed by atoms with van der Waals surface area (Å²) >= 11 is 0. The number of fused-ring (bicyclic) bond motifs is 1. The Labute approximate surface area is 178 Å². The highest BCUT2D eigenvalue weighted by Crippen LogP contribution is 2.45. The summed E-state index contributed by atoms with van der Waals surface area (Å²) in [6, 6.07) is 13.6. The Morgan fingerprint density at radius 3 is 2.63 bits per heavy atom. The first-order valence-electron chi connectivity index (χ1n) is 10.5. The number of nitriles is 1. The summed E-state index contributed by atoms with van der Waals surface area (Å²) in [5, 5.41) is 8.93. The second kappa shape index (κ2) is 7.98. The fourth-order valence-electron chi connectivity index (χ4n) is 5.07. The van der Waals surface area contributed by atoms with Crippen molar-refractivity contribution >= 4 is 16.1 Å². The molecule has 1 aliphatic heterocycles. The second-order valence-corrected chi connectivity index (χ2v) is 10.8. The monoisotopic (exact) mass is 421 g/mol. The van der Waals surface area contributed by atoms with Crippen molar-refractivity contribution in [3.8, 4) is 17.2 Å². The minimum absolute atomic E-state index is 0.0173. The zero-order chi connectivity index (χ0) is 21.5. The average molecular weight is 422 g/mol. The molecule has 1 saturated heterocycles. The van der Waals surface area contributed by atoms with Gasteiger partial charge in [0, 0.05) is 23.4 Å². The van der Waals surface area contributed by atoms with Gasteiger partial charge in [0.25, 0.3) is 0 Å². The molecule has 30 heavy (non-hydrogen) atoms. The predicted molar refractivity (Wildman–Crippen MR) is 119 cm³/mol. The third-order valence-electron chi connectivity index (χ3n) is 7.02. The number of benzene rings is 1. The van der Waals surface area contributed by atoms with Crippen LogP contribution >= 0.6 is 0 Å². The number of hydrogen-bond acceptors (Lipinski definition) is 4. The summed E-state index contributed by atoms with van der Waals surface area (Å²) in [6.07, 6.45) is 6.84. The van der Waals surface area contributed by atoms with Gasteiger partial charge in [0.1, 0.15) is 0 Å². The Balaban J connectivity index is 1.59.